The topological polar surface area (TPSA) is 81.5 Å². The van der Waals surface area contributed by atoms with Crippen LogP contribution in [0.4, 0.5) is 0 Å². The zero-order valence-electron chi connectivity index (χ0n) is 21.1. The van der Waals surface area contributed by atoms with Crippen LogP contribution in [0.2, 0.25) is 0 Å². The van der Waals surface area contributed by atoms with Crippen LogP contribution >= 0.6 is 0 Å². The number of aromatic nitrogens is 2. The molecular weight excluding hydrogens is 452 g/mol. The van der Waals surface area contributed by atoms with Crippen molar-refractivity contribution in [3.63, 3.8) is 0 Å². The number of carboxylic acids is 1. The van der Waals surface area contributed by atoms with Gasteiger partial charge in [0.1, 0.15) is 11.4 Å². The molecule has 0 fully saturated rings. The number of pyridine rings is 2. The first-order valence-electron chi connectivity index (χ1n) is 12.0. The highest BCUT2D eigenvalue weighted by Gasteiger charge is 2.32. The summed E-state index contributed by atoms with van der Waals surface area (Å²) in [4.78, 5) is 22.1. The highest BCUT2D eigenvalue weighted by molar-refractivity contribution is 6.08. The first-order chi connectivity index (χ1) is 17.2. The van der Waals surface area contributed by atoms with Crippen LogP contribution in [-0.4, -0.2) is 33.3 Å². The quantitative estimate of drug-likeness (QED) is 0.361. The lowest BCUT2D eigenvalue weighted by Crippen LogP contribution is -2.28. The molecule has 0 amide bonds. The lowest BCUT2D eigenvalue weighted by atomic mass is 9.86. The molecule has 1 atom stereocenters. The maximum Gasteiger partial charge on any atom is 0.337 e. The number of carbonyl (C=O) groups is 1. The molecule has 1 N–H and O–H groups in total. The van der Waals surface area contributed by atoms with Crippen molar-refractivity contribution in [1.29, 1.82) is 0 Å². The van der Waals surface area contributed by atoms with Gasteiger partial charge in [-0.25, -0.2) is 9.78 Å². The summed E-state index contributed by atoms with van der Waals surface area (Å²) in [6, 6.07) is 11.7. The Kier molecular flexibility index (Phi) is 5.89. The second-order valence-corrected chi connectivity index (χ2v) is 9.97. The molecule has 0 saturated carbocycles. The molecule has 0 saturated heterocycles. The summed E-state index contributed by atoms with van der Waals surface area (Å²) in [7, 11) is 0. The maximum atomic E-state index is 12.6. The van der Waals surface area contributed by atoms with Crippen molar-refractivity contribution in [2.75, 3.05) is 6.61 Å². The molecule has 3 heterocycles. The highest BCUT2D eigenvalue weighted by atomic mass is 16.5. The van der Waals surface area contributed by atoms with Gasteiger partial charge in [-0.15, -0.1) is 0 Å². The van der Waals surface area contributed by atoms with Crippen LogP contribution in [0.25, 0.3) is 32.9 Å². The Balaban J connectivity index is 1.91. The Labute approximate surface area is 210 Å². The Hall–Kier alpha value is -3.95. The largest absolute Gasteiger partial charge is 0.493 e. The van der Waals surface area contributed by atoms with Crippen LogP contribution in [0.1, 0.15) is 56.2 Å². The first kappa shape index (κ1) is 23.8. The van der Waals surface area contributed by atoms with Crippen molar-refractivity contribution in [3.8, 4) is 28.7 Å². The lowest BCUT2D eigenvalue weighted by molar-refractivity contribution is -0.160. The van der Waals surface area contributed by atoms with E-state index in [4.69, 9.17) is 19.4 Å². The predicted octanol–water partition coefficient (Wildman–Crippen LogP) is 6.01. The van der Waals surface area contributed by atoms with Crippen LogP contribution in [-0.2, 0) is 16.0 Å². The monoisotopic (exact) mass is 480 g/mol. The number of rotatable bonds is 4. The van der Waals surface area contributed by atoms with Gasteiger partial charge in [0.2, 0.25) is 0 Å². The number of benzene rings is 2. The number of aryl methyl sites for hydroxylation is 1. The lowest BCUT2D eigenvalue weighted by Gasteiger charge is -2.29. The smallest absolute Gasteiger partial charge is 0.337 e. The number of fused-ring (bicyclic) bond motifs is 1. The fourth-order valence-electron chi connectivity index (χ4n) is 4.94. The number of aliphatic carboxylic acids is 1. The second-order valence-electron chi connectivity index (χ2n) is 9.97. The van der Waals surface area contributed by atoms with Crippen LogP contribution in [0.5, 0.6) is 5.75 Å². The number of hydrogen-bond donors (Lipinski definition) is 1. The summed E-state index contributed by atoms with van der Waals surface area (Å²) in [6.45, 7) is 9.88. The minimum Gasteiger partial charge on any atom is -0.493 e. The molecule has 0 bridgehead atoms. The molecular formula is C30H28N2O4. The van der Waals surface area contributed by atoms with Gasteiger partial charge in [0, 0.05) is 34.5 Å². The van der Waals surface area contributed by atoms with E-state index < -0.39 is 17.7 Å². The van der Waals surface area contributed by atoms with Crippen molar-refractivity contribution in [3.05, 3.63) is 65.0 Å². The van der Waals surface area contributed by atoms with Crippen molar-refractivity contribution in [1.82, 2.24) is 9.97 Å². The van der Waals surface area contributed by atoms with Crippen molar-refractivity contribution in [2.45, 2.75) is 52.7 Å². The van der Waals surface area contributed by atoms with Crippen LogP contribution in [0.15, 0.2) is 42.6 Å². The Morgan fingerprint density at radius 2 is 2.00 bits per heavy atom. The molecule has 2 aromatic carbocycles. The summed E-state index contributed by atoms with van der Waals surface area (Å²) in [6.07, 6.45) is 1.42. The van der Waals surface area contributed by atoms with Gasteiger partial charge < -0.3 is 14.6 Å². The summed E-state index contributed by atoms with van der Waals surface area (Å²) in [5, 5.41) is 12.1. The molecule has 0 aliphatic carbocycles. The average Bonchev–Trinajstić information content (AvgIpc) is 2.82. The first-order valence-corrected chi connectivity index (χ1v) is 12.0. The van der Waals surface area contributed by atoms with Gasteiger partial charge in [0.05, 0.1) is 23.2 Å². The molecule has 2 aromatic heterocycles. The van der Waals surface area contributed by atoms with Crippen molar-refractivity contribution < 1.29 is 19.4 Å². The van der Waals surface area contributed by atoms with Gasteiger partial charge in [-0.3, -0.25) is 4.98 Å². The third-order valence-electron chi connectivity index (χ3n) is 6.29. The number of hydrogen-bond acceptors (Lipinski definition) is 5. The van der Waals surface area contributed by atoms with E-state index in [2.05, 4.69) is 11.8 Å². The van der Waals surface area contributed by atoms with Crippen LogP contribution < -0.4 is 4.74 Å². The van der Waals surface area contributed by atoms with E-state index in [1.165, 1.54) is 5.56 Å². The molecule has 1 aliphatic heterocycles. The summed E-state index contributed by atoms with van der Waals surface area (Å²) in [5.41, 5.74) is 5.62. The van der Waals surface area contributed by atoms with Gasteiger partial charge in [-0.1, -0.05) is 5.92 Å². The molecule has 6 heteroatoms. The molecule has 182 valence electrons. The number of ether oxygens (including phenoxy) is 2. The van der Waals surface area contributed by atoms with E-state index in [9.17, 15) is 9.90 Å². The molecule has 36 heavy (non-hydrogen) atoms. The molecule has 4 aromatic rings. The van der Waals surface area contributed by atoms with Crippen LogP contribution in [0, 0.1) is 18.8 Å². The summed E-state index contributed by atoms with van der Waals surface area (Å²) < 4.78 is 12.1. The standard InChI is InChI=1S/C30H28N2O4/c1-6-7-19-8-9-20-22(32-19)16-17(2)24(28(29(33)34)36-30(3,4)5)26(20)21-10-11-23-25-18(13-15-35-23)12-14-31-27(21)25/h8-12,14,16,28H,13,15H2,1-5H3,(H,33,34). The van der Waals surface area contributed by atoms with E-state index in [-0.39, 0.29) is 0 Å². The average molecular weight is 481 g/mol. The van der Waals surface area contributed by atoms with Gasteiger partial charge >= 0.3 is 5.97 Å². The summed E-state index contributed by atoms with van der Waals surface area (Å²) >= 11 is 0. The van der Waals surface area contributed by atoms with E-state index in [1.54, 1.807) is 13.1 Å². The third kappa shape index (κ3) is 4.16. The summed E-state index contributed by atoms with van der Waals surface area (Å²) in [5.74, 6) is 5.66. The van der Waals surface area contributed by atoms with Gasteiger partial charge in [0.15, 0.2) is 6.10 Å². The van der Waals surface area contributed by atoms with Crippen molar-refractivity contribution in [2.24, 2.45) is 0 Å². The highest BCUT2D eigenvalue weighted by Crippen LogP contribution is 2.44. The number of nitrogens with zero attached hydrogens (tertiary/aromatic N) is 2. The zero-order valence-corrected chi connectivity index (χ0v) is 21.1. The predicted molar refractivity (Wildman–Crippen MR) is 140 cm³/mol. The van der Waals surface area contributed by atoms with E-state index in [1.807, 2.05) is 64.1 Å². The van der Waals surface area contributed by atoms with E-state index >= 15 is 0 Å². The molecule has 5 rings (SSSR count). The Morgan fingerprint density at radius 3 is 2.72 bits per heavy atom. The molecule has 1 aliphatic rings. The Morgan fingerprint density at radius 1 is 1.19 bits per heavy atom. The van der Waals surface area contributed by atoms with E-state index in [0.717, 1.165) is 50.7 Å². The van der Waals surface area contributed by atoms with Gasteiger partial charge in [-0.05, 0) is 93.6 Å². The zero-order chi connectivity index (χ0) is 25.6. The minimum atomic E-state index is -1.18. The fraction of sp³-hybridized carbons (Fsp3) is 0.300. The molecule has 0 radical (unpaired) electrons. The minimum absolute atomic E-state index is 0.597. The molecule has 0 spiro atoms. The normalized spacial score (nSPS) is 13.7. The van der Waals surface area contributed by atoms with Crippen LogP contribution in [0.3, 0.4) is 0 Å². The SMILES string of the molecule is CC#Cc1ccc2c(-c3ccc4c5c(ccnc35)CCO4)c(C(OC(C)(C)C)C(=O)O)c(C)cc2n1. The maximum absolute atomic E-state index is 12.6. The number of carboxylic acid groups (broad SMARTS) is 1. The Bertz CT molecular complexity index is 1580. The van der Waals surface area contributed by atoms with E-state index in [0.29, 0.717) is 17.9 Å². The third-order valence-corrected chi connectivity index (χ3v) is 6.29. The fourth-order valence-corrected chi connectivity index (χ4v) is 4.94. The van der Waals surface area contributed by atoms with Gasteiger partial charge in [0.25, 0.3) is 0 Å². The second kappa shape index (κ2) is 8.92. The van der Waals surface area contributed by atoms with Gasteiger partial charge in [-0.2, -0.15) is 0 Å². The van der Waals surface area contributed by atoms with Crippen molar-refractivity contribution >= 4 is 27.8 Å². The molecule has 1 unspecified atom stereocenters. The molecule has 6 nitrogen and oxygen atoms in total.